The first kappa shape index (κ1) is 16.5. The van der Waals surface area contributed by atoms with Crippen LogP contribution in [0.1, 0.15) is 22.9 Å². The summed E-state index contributed by atoms with van der Waals surface area (Å²) in [4.78, 5) is 28.1. The van der Waals surface area contributed by atoms with Crippen LogP contribution >= 0.6 is 0 Å². The molecule has 0 radical (unpaired) electrons. The fourth-order valence-corrected chi connectivity index (χ4v) is 2.72. The molecule has 4 N–H and O–H groups in total. The van der Waals surface area contributed by atoms with Gasteiger partial charge in [-0.05, 0) is 29.8 Å². The van der Waals surface area contributed by atoms with Gasteiger partial charge in [-0.1, -0.05) is 12.1 Å². The molecule has 2 unspecified atom stereocenters. The van der Waals surface area contributed by atoms with E-state index in [9.17, 15) is 15.0 Å². The molecule has 0 spiro atoms. The first-order valence-corrected chi connectivity index (χ1v) is 7.37. The molecule has 2 atom stereocenters. The van der Waals surface area contributed by atoms with Gasteiger partial charge in [-0.3, -0.25) is 0 Å². The predicted octanol–water partition coefficient (Wildman–Crippen LogP) is 1.04. The maximum atomic E-state index is 12.2. The van der Waals surface area contributed by atoms with Gasteiger partial charge in [0.05, 0.1) is 17.3 Å². The number of rotatable bonds is 5. The molecule has 0 fully saturated rings. The van der Waals surface area contributed by atoms with Crippen LogP contribution in [-0.4, -0.2) is 36.1 Å². The van der Waals surface area contributed by atoms with Crippen molar-refractivity contribution in [2.24, 2.45) is 5.73 Å². The van der Waals surface area contributed by atoms with Crippen LogP contribution in [-0.2, 0) is 10.3 Å². The highest BCUT2D eigenvalue weighted by Crippen LogP contribution is 2.39. The minimum absolute atomic E-state index is 0.0603. The van der Waals surface area contributed by atoms with E-state index in [4.69, 9.17) is 5.73 Å². The summed E-state index contributed by atoms with van der Waals surface area (Å²) in [6.45, 7) is 0. The highest BCUT2D eigenvalue weighted by Gasteiger charge is 2.47. The number of carbonyl (C=O) groups is 1. The number of carboxylic acid groups (broad SMARTS) is 1. The fraction of sp³-hybridized carbons (Fsp3) is 0.118. The Morgan fingerprint density at radius 2 is 1.64 bits per heavy atom. The van der Waals surface area contributed by atoms with Gasteiger partial charge in [-0.2, -0.15) is 0 Å². The number of aromatic hydroxyl groups is 1. The van der Waals surface area contributed by atoms with Crippen molar-refractivity contribution in [3.05, 3.63) is 78.4 Å². The normalized spacial score (nSPS) is 14.4. The number of nitrogens with zero attached hydrogens (tertiary/aromatic N) is 4. The molecule has 2 heterocycles. The summed E-state index contributed by atoms with van der Waals surface area (Å²) < 4.78 is 0. The van der Waals surface area contributed by atoms with Gasteiger partial charge in [-0.25, -0.2) is 24.7 Å². The van der Waals surface area contributed by atoms with E-state index >= 15 is 0 Å². The van der Waals surface area contributed by atoms with Crippen molar-refractivity contribution < 1.29 is 15.0 Å². The van der Waals surface area contributed by atoms with E-state index < -0.39 is 17.4 Å². The van der Waals surface area contributed by atoms with Gasteiger partial charge in [0.25, 0.3) is 0 Å². The van der Waals surface area contributed by atoms with Gasteiger partial charge < -0.3 is 15.9 Å². The molecule has 3 aromatic rings. The number of nitrogens with two attached hydrogens (primary N) is 1. The first-order chi connectivity index (χ1) is 12.0. The van der Waals surface area contributed by atoms with Crippen LogP contribution in [0.4, 0.5) is 0 Å². The minimum Gasteiger partial charge on any atom is -0.508 e. The van der Waals surface area contributed by atoms with Crippen molar-refractivity contribution in [3.8, 4) is 5.75 Å². The molecule has 126 valence electrons. The molecule has 8 nitrogen and oxygen atoms in total. The van der Waals surface area contributed by atoms with Gasteiger partial charge in [0.1, 0.15) is 18.4 Å². The van der Waals surface area contributed by atoms with Crippen LogP contribution in [0.25, 0.3) is 0 Å². The van der Waals surface area contributed by atoms with Crippen LogP contribution in [0, 0.1) is 0 Å². The zero-order valence-corrected chi connectivity index (χ0v) is 13.0. The number of hydrogen-bond acceptors (Lipinski definition) is 7. The Balaban J connectivity index is 2.25. The van der Waals surface area contributed by atoms with Crippen molar-refractivity contribution in [3.63, 3.8) is 0 Å². The van der Waals surface area contributed by atoms with Crippen LogP contribution in [0.3, 0.4) is 0 Å². The summed E-state index contributed by atoms with van der Waals surface area (Å²) in [6.07, 6.45) is 5.51. The molecule has 0 saturated carbocycles. The van der Waals surface area contributed by atoms with E-state index in [0.717, 1.165) is 0 Å². The Morgan fingerprint density at radius 1 is 1.00 bits per heavy atom. The molecule has 0 amide bonds. The standard InChI is InChI=1S/C17H15N5O3/c18-17(16(24)25,14-6-8-20-10-22-14)15(13-5-7-19-9-21-13)11-1-3-12(23)4-2-11/h1-10,15,23H,18H2,(H,24,25). The third kappa shape index (κ3) is 3.02. The highest BCUT2D eigenvalue weighted by molar-refractivity contribution is 5.82. The fourth-order valence-electron chi connectivity index (χ4n) is 2.72. The predicted molar refractivity (Wildman–Crippen MR) is 87.5 cm³/mol. The summed E-state index contributed by atoms with van der Waals surface area (Å²) in [7, 11) is 0. The average Bonchev–Trinajstić information content (AvgIpc) is 2.65. The van der Waals surface area contributed by atoms with E-state index in [-0.39, 0.29) is 11.4 Å². The summed E-state index contributed by atoms with van der Waals surface area (Å²) >= 11 is 0. The smallest absolute Gasteiger partial charge is 0.331 e. The summed E-state index contributed by atoms with van der Waals surface area (Å²) in [5.74, 6) is -2.06. The van der Waals surface area contributed by atoms with Crippen molar-refractivity contribution in [1.29, 1.82) is 0 Å². The van der Waals surface area contributed by atoms with Gasteiger partial charge in [0.15, 0.2) is 5.54 Å². The molecule has 8 heteroatoms. The van der Waals surface area contributed by atoms with E-state index in [1.54, 1.807) is 18.2 Å². The van der Waals surface area contributed by atoms with E-state index in [2.05, 4.69) is 19.9 Å². The Bertz CT molecular complexity index is 858. The van der Waals surface area contributed by atoms with E-state index in [1.165, 1.54) is 43.2 Å². The molecular formula is C17H15N5O3. The molecule has 3 rings (SSSR count). The molecule has 25 heavy (non-hydrogen) atoms. The second-order valence-electron chi connectivity index (χ2n) is 5.43. The van der Waals surface area contributed by atoms with Gasteiger partial charge in [0.2, 0.25) is 0 Å². The molecule has 0 bridgehead atoms. The largest absolute Gasteiger partial charge is 0.508 e. The number of aromatic nitrogens is 4. The first-order valence-electron chi connectivity index (χ1n) is 7.37. The molecule has 0 aliphatic heterocycles. The van der Waals surface area contributed by atoms with E-state index in [0.29, 0.717) is 11.3 Å². The number of phenolic OH excluding ortho intramolecular Hbond substituents is 1. The SMILES string of the molecule is NC(C(=O)O)(c1ccncn1)C(c1ccc(O)cc1)c1ccncn1. The monoisotopic (exact) mass is 337 g/mol. The molecule has 0 aliphatic rings. The third-order valence-corrected chi connectivity index (χ3v) is 3.94. The van der Waals surface area contributed by atoms with Crippen LogP contribution < -0.4 is 5.73 Å². The van der Waals surface area contributed by atoms with Crippen molar-refractivity contribution in [2.45, 2.75) is 11.5 Å². The Hall–Kier alpha value is -3.39. The molecule has 2 aromatic heterocycles. The number of carboxylic acids is 1. The highest BCUT2D eigenvalue weighted by atomic mass is 16.4. The van der Waals surface area contributed by atoms with Crippen LogP contribution in [0.15, 0.2) is 61.4 Å². The Labute approximate surface area is 143 Å². The Kier molecular flexibility index (Phi) is 4.36. The zero-order chi connectivity index (χ0) is 17.9. The lowest BCUT2D eigenvalue weighted by molar-refractivity contribution is -0.144. The lowest BCUT2D eigenvalue weighted by Gasteiger charge is -2.33. The van der Waals surface area contributed by atoms with Gasteiger partial charge in [0, 0.05) is 12.4 Å². The lowest BCUT2D eigenvalue weighted by atomic mass is 9.75. The maximum absolute atomic E-state index is 12.2. The molecule has 1 aromatic carbocycles. The summed E-state index contributed by atoms with van der Waals surface area (Å²) in [5, 5.41) is 19.5. The molecule has 0 saturated heterocycles. The number of phenols is 1. The minimum atomic E-state index is -1.89. The molecule has 0 aliphatic carbocycles. The van der Waals surface area contributed by atoms with E-state index in [1.807, 2.05) is 0 Å². The number of aliphatic carboxylic acids is 1. The second-order valence-corrected chi connectivity index (χ2v) is 5.43. The summed E-state index contributed by atoms with van der Waals surface area (Å²) in [6, 6.07) is 9.20. The van der Waals surface area contributed by atoms with Gasteiger partial charge >= 0.3 is 5.97 Å². The number of benzene rings is 1. The van der Waals surface area contributed by atoms with Crippen molar-refractivity contribution in [2.75, 3.05) is 0 Å². The maximum Gasteiger partial charge on any atom is 0.331 e. The van der Waals surface area contributed by atoms with Gasteiger partial charge in [-0.15, -0.1) is 0 Å². The van der Waals surface area contributed by atoms with Crippen LogP contribution in [0.5, 0.6) is 5.75 Å². The van der Waals surface area contributed by atoms with Crippen LogP contribution in [0.2, 0.25) is 0 Å². The van der Waals surface area contributed by atoms with Crippen molar-refractivity contribution >= 4 is 5.97 Å². The number of hydrogen-bond donors (Lipinski definition) is 3. The lowest BCUT2D eigenvalue weighted by Crippen LogP contribution is -2.51. The van der Waals surface area contributed by atoms with Crippen molar-refractivity contribution in [1.82, 2.24) is 19.9 Å². The Morgan fingerprint density at radius 3 is 2.16 bits per heavy atom. The zero-order valence-electron chi connectivity index (χ0n) is 13.0. The summed E-state index contributed by atoms with van der Waals surface area (Å²) in [5.41, 5.74) is 5.64. The average molecular weight is 337 g/mol. The quantitative estimate of drug-likeness (QED) is 0.628. The molecular weight excluding hydrogens is 322 g/mol. The second kappa shape index (κ2) is 6.62. The topological polar surface area (TPSA) is 135 Å². The third-order valence-electron chi connectivity index (χ3n) is 3.94.